The Kier molecular flexibility index (Phi) is 4.82. The minimum Gasteiger partial charge on any atom is -0.484 e. The number of hydrogen-bond acceptors (Lipinski definition) is 6. The van der Waals surface area contributed by atoms with Gasteiger partial charge in [0.15, 0.2) is 12.4 Å². The maximum Gasteiger partial charge on any atom is 0.264 e. The second-order valence-corrected chi connectivity index (χ2v) is 9.19. The van der Waals surface area contributed by atoms with E-state index in [0.717, 1.165) is 21.9 Å². The largest absolute Gasteiger partial charge is 0.484 e. The standard InChI is InChI=1S/C23H20N4O4S/c1-14-7-9-17(10-8-14)32(28,29)27-21-12-16(30-13-22-24-15(2)26-31-22)11-19-18-5-3-4-6-20(18)25-23(19)21/h3-12,25,27H,13H2,1-2H3. The highest BCUT2D eigenvalue weighted by atomic mass is 32.2. The van der Waals surface area contributed by atoms with E-state index in [-0.39, 0.29) is 11.5 Å². The lowest BCUT2D eigenvalue weighted by Crippen LogP contribution is -2.13. The molecule has 0 atom stereocenters. The van der Waals surface area contributed by atoms with Crippen molar-refractivity contribution >= 4 is 37.5 Å². The molecule has 0 aliphatic carbocycles. The van der Waals surface area contributed by atoms with Crippen molar-refractivity contribution in [1.82, 2.24) is 15.1 Å². The van der Waals surface area contributed by atoms with Gasteiger partial charge in [-0.25, -0.2) is 8.42 Å². The fourth-order valence-corrected chi connectivity index (χ4v) is 4.62. The van der Waals surface area contributed by atoms with E-state index in [0.29, 0.717) is 28.7 Å². The summed E-state index contributed by atoms with van der Waals surface area (Å²) in [5, 5.41) is 5.55. The first kappa shape index (κ1) is 20.1. The van der Waals surface area contributed by atoms with Crippen molar-refractivity contribution < 1.29 is 17.7 Å². The number of nitrogens with zero attached hydrogens (tertiary/aromatic N) is 2. The van der Waals surface area contributed by atoms with Crippen LogP contribution in [0, 0.1) is 13.8 Å². The number of sulfonamides is 1. The lowest BCUT2D eigenvalue weighted by atomic mass is 10.1. The zero-order chi connectivity index (χ0) is 22.3. The van der Waals surface area contributed by atoms with Gasteiger partial charge < -0.3 is 14.2 Å². The molecule has 2 heterocycles. The molecular weight excluding hydrogens is 428 g/mol. The molecule has 5 aromatic rings. The van der Waals surface area contributed by atoms with E-state index in [1.807, 2.05) is 37.3 Å². The van der Waals surface area contributed by atoms with Gasteiger partial charge in [-0.1, -0.05) is 41.1 Å². The SMILES string of the molecule is Cc1ccc(S(=O)(=O)Nc2cc(OCc3nc(C)no3)cc3c2[nH]c2ccccc23)cc1. The molecule has 0 spiro atoms. The number of fused-ring (bicyclic) bond motifs is 3. The molecule has 0 bridgehead atoms. The maximum absolute atomic E-state index is 13.1. The number of aryl methyl sites for hydroxylation is 2. The van der Waals surface area contributed by atoms with Crippen molar-refractivity contribution in [3.63, 3.8) is 0 Å². The van der Waals surface area contributed by atoms with Crippen LogP contribution in [-0.2, 0) is 16.6 Å². The van der Waals surface area contributed by atoms with Crippen LogP contribution in [0.15, 0.2) is 70.1 Å². The quantitative estimate of drug-likeness (QED) is 0.390. The van der Waals surface area contributed by atoms with Crippen LogP contribution in [0.1, 0.15) is 17.3 Å². The molecule has 32 heavy (non-hydrogen) atoms. The number of anilines is 1. The molecule has 0 saturated carbocycles. The summed E-state index contributed by atoms with van der Waals surface area (Å²) in [5.74, 6) is 1.32. The lowest BCUT2D eigenvalue weighted by Gasteiger charge is -2.12. The number of aromatic amines is 1. The number of para-hydroxylation sites is 1. The van der Waals surface area contributed by atoms with Gasteiger partial charge in [0, 0.05) is 22.4 Å². The van der Waals surface area contributed by atoms with Crippen LogP contribution in [0.3, 0.4) is 0 Å². The Morgan fingerprint density at radius 2 is 1.81 bits per heavy atom. The summed E-state index contributed by atoms with van der Waals surface area (Å²) in [4.78, 5) is 7.63. The Balaban J connectivity index is 1.58. The van der Waals surface area contributed by atoms with E-state index in [1.54, 1.807) is 37.3 Å². The van der Waals surface area contributed by atoms with E-state index in [2.05, 4.69) is 19.8 Å². The predicted molar refractivity (Wildman–Crippen MR) is 121 cm³/mol. The van der Waals surface area contributed by atoms with Crippen LogP contribution in [0.4, 0.5) is 5.69 Å². The van der Waals surface area contributed by atoms with E-state index < -0.39 is 10.0 Å². The fraction of sp³-hybridized carbons (Fsp3) is 0.130. The van der Waals surface area contributed by atoms with Gasteiger partial charge >= 0.3 is 0 Å². The number of nitrogens with one attached hydrogen (secondary N) is 2. The summed E-state index contributed by atoms with van der Waals surface area (Å²) >= 11 is 0. The van der Waals surface area contributed by atoms with Crippen molar-refractivity contribution in [2.24, 2.45) is 0 Å². The van der Waals surface area contributed by atoms with Crippen molar-refractivity contribution in [2.75, 3.05) is 4.72 Å². The number of aromatic nitrogens is 3. The molecule has 8 nitrogen and oxygen atoms in total. The summed E-state index contributed by atoms with van der Waals surface area (Å²) in [7, 11) is -3.81. The van der Waals surface area contributed by atoms with Gasteiger partial charge in [0.2, 0.25) is 0 Å². The first-order valence-corrected chi connectivity index (χ1v) is 11.4. The molecule has 2 N–H and O–H groups in total. The van der Waals surface area contributed by atoms with Gasteiger partial charge in [-0.05, 0) is 38.1 Å². The number of ether oxygens (including phenoxy) is 1. The van der Waals surface area contributed by atoms with Crippen molar-refractivity contribution in [3.8, 4) is 5.75 Å². The van der Waals surface area contributed by atoms with Gasteiger partial charge in [-0.3, -0.25) is 4.72 Å². The highest BCUT2D eigenvalue weighted by Crippen LogP contribution is 2.35. The molecule has 5 rings (SSSR count). The topological polar surface area (TPSA) is 110 Å². The Labute approximate surface area is 184 Å². The number of benzene rings is 3. The summed E-state index contributed by atoms with van der Waals surface area (Å²) in [6.45, 7) is 3.70. The smallest absolute Gasteiger partial charge is 0.264 e. The van der Waals surface area contributed by atoms with Gasteiger partial charge in [0.1, 0.15) is 5.75 Å². The zero-order valence-corrected chi connectivity index (χ0v) is 18.2. The fourth-order valence-electron chi connectivity index (χ4n) is 3.55. The van der Waals surface area contributed by atoms with Gasteiger partial charge in [-0.2, -0.15) is 4.98 Å². The first-order chi connectivity index (χ1) is 15.4. The third-order valence-electron chi connectivity index (χ3n) is 5.10. The van der Waals surface area contributed by atoms with Crippen LogP contribution in [-0.4, -0.2) is 23.5 Å². The Morgan fingerprint density at radius 1 is 1.03 bits per heavy atom. The molecular formula is C23H20N4O4S. The molecule has 162 valence electrons. The van der Waals surface area contributed by atoms with E-state index in [9.17, 15) is 8.42 Å². The molecule has 0 aliphatic heterocycles. The van der Waals surface area contributed by atoms with Gasteiger partial charge in [-0.15, -0.1) is 0 Å². The van der Waals surface area contributed by atoms with Crippen LogP contribution in [0.5, 0.6) is 5.75 Å². The van der Waals surface area contributed by atoms with Crippen molar-refractivity contribution in [1.29, 1.82) is 0 Å². The minimum atomic E-state index is -3.81. The van der Waals surface area contributed by atoms with Crippen LogP contribution < -0.4 is 9.46 Å². The number of hydrogen-bond donors (Lipinski definition) is 2. The highest BCUT2D eigenvalue weighted by Gasteiger charge is 2.19. The van der Waals surface area contributed by atoms with Gasteiger partial charge in [0.25, 0.3) is 15.9 Å². The molecule has 3 aromatic carbocycles. The molecule has 9 heteroatoms. The normalized spacial score (nSPS) is 11.8. The molecule has 0 radical (unpaired) electrons. The summed E-state index contributed by atoms with van der Waals surface area (Å²) in [6.07, 6.45) is 0. The minimum absolute atomic E-state index is 0.0683. The number of rotatable bonds is 6. The van der Waals surface area contributed by atoms with E-state index in [1.165, 1.54) is 0 Å². The predicted octanol–water partition coefficient (Wildman–Crippen LogP) is 4.70. The Bertz CT molecular complexity index is 1540. The van der Waals surface area contributed by atoms with E-state index >= 15 is 0 Å². The molecule has 0 aliphatic rings. The average Bonchev–Trinajstić information content (AvgIpc) is 3.36. The second-order valence-electron chi connectivity index (χ2n) is 7.51. The van der Waals surface area contributed by atoms with Crippen LogP contribution in [0.25, 0.3) is 21.8 Å². The molecule has 0 saturated heterocycles. The Hall–Kier alpha value is -3.85. The molecule has 0 unspecified atom stereocenters. The van der Waals surface area contributed by atoms with Gasteiger partial charge in [0.05, 0.1) is 16.1 Å². The lowest BCUT2D eigenvalue weighted by molar-refractivity contribution is 0.243. The van der Waals surface area contributed by atoms with Crippen LogP contribution >= 0.6 is 0 Å². The summed E-state index contributed by atoms with van der Waals surface area (Å²) in [5.41, 5.74) is 2.93. The third kappa shape index (κ3) is 3.78. The molecule has 0 amide bonds. The van der Waals surface area contributed by atoms with Crippen LogP contribution in [0.2, 0.25) is 0 Å². The average molecular weight is 449 g/mol. The second kappa shape index (κ2) is 7.69. The first-order valence-electron chi connectivity index (χ1n) is 9.95. The monoisotopic (exact) mass is 448 g/mol. The maximum atomic E-state index is 13.1. The zero-order valence-electron chi connectivity index (χ0n) is 17.4. The molecule has 2 aromatic heterocycles. The van der Waals surface area contributed by atoms with E-state index in [4.69, 9.17) is 9.26 Å². The number of H-pyrrole nitrogens is 1. The molecule has 0 fully saturated rings. The van der Waals surface area contributed by atoms with Crippen molar-refractivity contribution in [2.45, 2.75) is 25.3 Å². The Morgan fingerprint density at radius 3 is 2.56 bits per heavy atom. The highest BCUT2D eigenvalue weighted by molar-refractivity contribution is 7.92. The third-order valence-corrected chi connectivity index (χ3v) is 6.48. The van der Waals surface area contributed by atoms with Crippen molar-refractivity contribution in [3.05, 3.63) is 77.9 Å². The summed E-state index contributed by atoms with van der Waals surface area (Å²) < 4.78 is 39.8. The summed E-state index contributed by atoms with van der Waals surface area (Å²) in [6, 6.07) is 18.0.